The Hall–Kier alpha value is -0.860. The van der Waals surface area contributed by atoms with E-state index in [0.717, 1.165) is 5.56 Å². The van der Waals surface area contributed by atoms with Crippen molar-refractivity contribution in [3.05, 3.63) is 42.8 Å². The summed E-state index contributed by atoms with van der Waals surface area (Å²) in [5, 5.41) is 15.6. The summed E-state index contributed by atoms with van der Waals surface area (Å²) in [6.07, 6.45) is -0.167. The van der Waals surface area contributed by atoms with E-state index >= 15 is 0 Å². The van der Waals surface area contributed by atoms with Gasteiger partial charge in [0.05, 0.1) is 0 Å². The molecule has 2 nitrogen and oxygen atoms in total. The summed E-state index contributed by atoms with van der Waals surface area (Å²) in [5.41, 5.74) is 1.07. The molecule has 0 amide bonds. The summed E-state index contributed by atoms with van der Waals surface area (Å²) >= 11 is 0. The Morgan fingerprint density at radius 2 is 1.50 bits per heavy atom. The average Bonchev–Trinajstić information content (AvgIpc) is 2.05. The summed E-state index contributed by atoms with van der Waals surface area (Å²) < 4.78 is 0. The van der Waals surface area contributed by atoms with Gasteiger partial charge in [0.25, 0.3) is 0 Å². The van der Waals surface area contributed by atoms with Crippen LogP contribution in [0.1, 0.15) is 26.3 Å². The molecule has 1 rings (SSSR count). The van der Waals surface area contributed by atoms with Crippen molar-refractivity contribution in [2.75, 3.05) is 6.61 Å². The van der Waals surface area contributed by atoms with E-state index in [-0.39, 0.29) is 12.7 Å². The van der Waals surface area contributed by atoms with Crippen molar-refractivity contribution in [2.24, 2.45) is 0 Å². The molecule has 0 fully saturated rings. The fourth-order valence-corrected chi connectivity index (χ4v) is 0.478. The second-order valence-corrected chi connectivity index (χ2v) is 2.90. The van der Waals surface area contributed by atoms with Gasteiger partial charge in [0.2, 0.25) is 0 Å². The van der Waals surface area contributed by atoms with E-state index in [2.05, 4.69) is 6.92 Å². The van der Waals surface area contributed by atoms with Gasteiger partial charge in [-0.3, -0.25) is 0 Å². The highest BCUT2D eigenvalue weighted by Gasteiger charge is 1.72. The Bertz CT molecular complexity index is 180. The maximum Gasteiger partial charge on any atom is 0.0483 e. The summed E-state index contributed by atoms with van der Waals surface area (Å²) in [7, 11) is 0. The maximum absolute atomic E-state index is 8.06. The minimum absolute atomic E-state index is 0.167. The predicted octanol–water partition coefficient (Wildman–Crippen LogP) is 2.25. The molecule has 2 N–H and O–H groups in total. The van der Waals surface area contributed by atoms with Crippen LogP contribution in [0.5, 0.6) is 0 Å². The largest absolute Gasteiger partial charge is 0.397 e. The van der Waals surface area contributed by atoms with Gasteiger partial charge in [-0.2, -0.15) is 0 Å². The summed E-state index contributed by atoms with van der Waals surface area (Å²) in [4.78, 5) is 0. The fourth-order valence-electron chi connectivity index (χ4n) is 0.478. The number of aliphatic hydroxyl groups excluding tert-OH is 2. The molecule has 14 heavy (non-hydrogen) atoms. The Kier molecular flexibility index (Phi) is 13.5. The first-order valence-electron chi connectivity index (χ1n) is 4.70. The van der Waals surface area contributed by atoms with Gasteiger partial charge in [0.15, 0.2) is 0 Å². The van der Waals surface area contributed by atoms with E-state index < -0.39 is 0 Å². The molecule has 0 atom stereocenters. The monoisotopic (exact) mass is 197 g/mol. The van der Waals surface area contributed by atoms with E-state index in [1.807, 2.05) is 30.3 Å². The fraction of sp³-hybridized carbons (Fsp3) is 0.417. The van der Waals surface area contributed by atoms with Crippen LogP contribution in [-0.2, 0) is 0 Å². The molecule has 0 unspecified atom stereocenters. The number of hydrogen-bond acceptors (Lipinski definition) is 2. The third-order valence-electron chi connectivity index (χ3n) is 0.843. The lowest BCUT2D eigenvalue weighted by atomic mass is 10.2. The molecule has 0 spiro atoms. The van der Waals surface area contributed by atoms with Crippen LogP contribution < -0.4 is 0 Å². The van der Waals surface area contributed by atoms with Crippen molar-refractivity contribution in [2.45, 2.75) is 26.9 Å². The number of hydrogen-bond donors (Lipinski definition) is 2. The average molecular weight is 197 g/mol. The van der Waals surface area contributed by atoms with E-state index in [1.54, 1.807) is 20.8 Å². The molecule has 2 heteroatoms. The van der Waals surface area contributed by atoms with Crippen molar-refractivity contribution in [1.82, 2.24) is 0 Å². The van der Waals surface area contributed by atoms with Crippen molar-refractivity contribution >= 4 is 0 Å². The van der Waals surface area contributed by atoms with Gasteiger partial charge in [-0.15, -0.1) is 0 Å². The molecule has 1 radical (unpaired) electrons. The SMILES string of the molecule is CC(C)O.CCO.[CH2]c1ccccc1. The molecular weight excluding hydrogens is 176 g/mol. The van der Waals surface area contributed by atoms with Gasteiger partial charge in [0.1, 0.15) is 0 Å². The highest BCUT2D eigenvalue weighted by Crippen LogP contribution is 1.92. The number of aliphatic hydroxyl groups is 2. The standard InChI is InChI=1S/C7H7.C3H8O.C2H6O/c1-7-5-3-2-4-6-7;1-3(2)4;1-2-3/h2-6H,1H2;3-4H,1-2H3;3H,2H2,1H3. The minimum Gasteiger partial charge on any atom is -0.397 e. The van der Waals surface area contributed by atoms with Crippen LogP contribution in [0, 0.1) is 6.92 Å². The van der Waals surface area contributed by atoms with Gasteiger partial charge < -0.3 is 10.2 Å². The summed E-state index contributed by atoms with van der Waals surface area (Å²) in [6.45, 7) is 9.10. The van der Waals surface area contributed by atoms with Crippen molar-refractivity contribution < 1.29 is 10.2 Å². The Morgan fingerprint density at radius 3 is 1.64 bits per heavy atom. The first-order chi connectivity index (χ1) is 6.54. The smallest absolute Gasteiger partial charge is 0.0483 e. The van der Waals surface area contributed by atoms with E-state index in [0.29, 0.717) is 0 Å². The van der Waals surface area contributed by atoms with Crippen LogP contribution in [0.4, 0.5) is 0 Å². The number of rotatable bonds is 0. The number of benzene rings is 1. The quantitative estimate of drug-likeness (QED) is 0.669. The Balaban J connectivity index is 0. The van der Waals surface area contributed by atoms with Gasteiger partial charge in [-0.25, -0.2) is 0 Å². The van der Waals surface area contributed by atoms with E-state index in [1.165, 1.54) is 0 Å². The molecule has 0 aliphatic rings. The van der Waals surface area contributed by atoms with Gasteiger partial charge in [-0.05, 0) is 33.3 Å². The van der Waals surface area contributed by atoms with Crippen molar-refractivity contribution in [3.63, 3.8) is 0 Å². The molecule has 0 saturated heterocycles. The topological polar surface area (TPSA) is 40.5 Å². The lowest BCUT2D eigenvalue weighted by Gasteiger charge is -1.82. The second-order valence-electron chi connectivity index (χ2n) is 2.90. The predicted molar refractivity (Wildman–Crippen MR) is 61.0 cm³/mol. The van der Waals surface area contributed by atoms with E-state index in [4.69, 9.17) is 10.2 Å². The first kappa shape index (κ1) is 15.6. The van der Waals surface area contributed by atoms with Gasteiger partial charge >= 0.3 is 0 Å². The van der Waals surface area contributed by atoms with Crippen molar-refractivity contribution in [3.8, 4) is 0 Å². The molecular formula is C12H21O2. The molecule has 1 aromatic rings. The van der Waals surface area contributed by atoms with Crippen LogP contribution in [-0.4, -0.2) is 22.9 Å². The van der Waals surface area contributed by atoms with Crippen LogP contribution >= 0.6 is 0 Å². The molecule has 0 saturated carbocycles. The lowest BCUT2D eigenvalue weighted by Crippen LogP contribution is -1.85. The molecule has 0 heterocycles. The highest BCUT2D eigenvalue weighted by molar-refractivity contribution is 5.16. The normalized spacial score (nSPS) is 8.21. The molecule has 0 aliphatic heterocycles. The summed E-state index contributed by atoms with van der Waals surface area (Å²) in [6, 6.07) is 9.87. The third-order valence-corrected chi connectivity index (χ3v) is 0.843. The molecule has 1 aromatic carbocycles. The van der Waals surface area contributed by atoms with Crippen molar-refractivity contribution in [1.29, 1.82) is 0 Å². The minimum atomic E-state index is -0.167. The zero-order valence-corrected chi connectivity index (χ0v) is 9.27. The van der Waals surface area contributed by atoms with Crippen LogP contribution in [0.25, 0.3) is 0 Å². The van der Waals surface area contributed by atoms with Crippen LogP contribution in [0.15, 0.2) is 30.3 Å². The molecule has 0 bridgehead atoms. The first-order valence-corrected chi connectivity index (χ1v) is 4.70. The Morgan fingerprint density at radius 1 is 1.21 bits per heavy atom. The Labute approximate surface area is 87.2 Å². The maximum atomic E-state index is 8.06. The molecule has 0 aliphatic carbocycles. The van der Waals surface area contributed by atoms with Gasteiger partial charge in [0, 0.05) is 12.7 Å². The van der Waals surface area contributed by atoms with Crippen LogP contribution in [0.3, 0.4) is 0 Å². The highest BCUT2D eigenvalue weighted by atomic mass is 16.3. The molecule has 81 valence electrons. The molecule has 0 aromatic heterocycles. The van der Waals surface area contributed by atoms with Crippen LogP contribution in [0.2, 0.25) is 0 Å². The zero-order valence-electron chi connectivity index (χ0n) is 9.27. The second kappa shape index (κ2) is 12.1. The third kappa shape index (κ3) is 22.5. The lowest BCUT2D eigenvalue weighted by molar-refractivity contribution is 0.216. The van der Waals surface area contributed by atoms with Gasteiger partial charge in [-0.1, -0.05) is 30.3 Å². The van der Waals surface area contributed by atoms with E-state index in [9.17, 15) is 0 Å². The summed E-state index contributed by atoms with van der Waals surface area (Å²) in [5.74, 6) is 0. The zero-order chi connectivity index (χ0) is 11.4.